The molecular weight excluding hydrogens is 360 g/mol. The Morgan fingerprint density at radius 3 is 2.69 bits per heavy atom. The zero-order valence-electron chi connectivity index (χ0n) is 14.8. The van der Waals surface area contributed by atoms with Gasteiger partial charge in [0.05, 0.1) is 0 Å². The lowest BCUT2D eigenvalue weighted by Gasteiger charge is -2.08. The number of nitrogens with one attached hydrogen (secondary N) is 2. The van der Waals surface area contributed by atoms with E-state index < -0.39 is 24.5 Å². The number of esters is 1. The molecule has 2 N–H and O–H groups in total. The topological polar surface area (TPSA) is 97.6 Å². The smallest absolute Gasteiger partial charge is 0.375 e. The Hall–Kier alpha value is -2.54. The molecule has 0 aliphatic heterocycles. The van der Waals surface area contributed by atoms with Gasteiger partial charge >= 0.3 is 12.0 Å². The van der Waals surface area contributed by atoms with Crippen LogP contribution in [0.4, 0.5) is 4.79 Å². The molecule has 0 atom stereocenters. The zero-order chi connectivity index (χ0) is 19.3. The van der Waals surface area contributed by atoms with Crippen LogP contribution in [0, 0.1) is 12.8 Å². The number of hydrogen-bond donors (Lipinski definition) is 2. The van der Waals surface area contributed by atoms with Gasteiger partial charge in [0.1, 0.15) is 5.58 Å². The first kappa shape index (κ1) is 19.8. The summed E-state index contributed by atoms with van der Waals surface area (Å²) in [5.74, 6) is -1.08. The number of aryl methyl sites for hydroxylation is 1. The van der Waals surface area contributed by atoms with Crippen LogP contribution in [0.1, 0.15) is 36.4 Å². The predicted molar refractivity (Wildman–Crippen MR) is 97.2 cm³/mol. The van der Waals surface area contributed by atoms with E-state index in [9.17, 15) is 14.4 Å². The molecule has 0 aliphatic rings. The second-order valence-corrected chi connectivity index (χ2v) is 6.70. The molecule has 0 fully saturated rings. The van der Waals surface area contributed by atoms with Gasteiger partial charge in [-0.15, -0.1) is 0 Å². The minimum Gasteiger partial charge on any atom is -0.450 e. The van der Waals surface area contributed by atoms with E-state index in [1.54, 1.807) is 25.1 Å². The molecule has 26 heavy (non-hydrogen) atoms. The molecular formula is C18H21ClN2O5. The van der Waals surface area contributed by atoms with E-state index in [0.29, 0.717) is 34.0 Å². The third kappa shape index (κ3) is 5.23. The number of imide groups is 1. The number of hydrogen-bond acceptors (Lipinski definition) is 5. The average Bonchev–Trinajstić information content (AvgIpc) is 2.89. The van der Waals surface area contributed by atoms with Crippen molar-refractivity contribution in [3.8, 4) is 0 Å². The zero-order valence-corrected chi connectivity index (χ0v) is 15.6. The van der Waals surface area contributed by atoms with Crippen LogP contribution in [0.2, 0.25) is 5.02 Å². The summed E-state index contributed by atoms with van der Waals surface area (Å²) in [6.07, 6.45) is 0.798. The molecule has 2 rings (SSSR count). The van der Waals surface area contributed by atoms with Crippen molar-refractivity contribution in [2.24, 2.45) is 5.92 Å². The highest BCUT2D eigenvalue weighted by Gasteiger charge is 2.20. The molecule has 140 valence electrons. The first-order chi connectivity index (χ1) is 12.3. The van der Waals surface area contributed by atoms with Crippen LogP contribution in [-0.4, -0.2) is 31.1 Å². The Morgan fingerprint density at radius 1 is 1.27 bits per heavy atom. The summed E-state index contributed by atoms with van der Waals surface area (Å²) in [5, 5.41) is 5.86. The molecule has 0 unspecified atom stereocenters. The first-order valence-corrected chi connectivity index (χ1v) is 8.59. The van der Waals surface area contributed by atoms with Crippen LogP contribution < -0.4 is 10.6 Å². The molecule has 7 nitrogen and oxygen atoms in total. The van der Waals surface area contributed by atoms with Crippen LogP contribution in [0.5, 0.6) is 0 Å². The van der Waals surface area contributed by atoms with E-state index in [0.717, 1.165) is 6.42 Å². The van der Waals surface area contributed by atoms with Crippen molar-refractivity contribution in [3.05, 3.63) is 34.5 Å². The minimum absolute atomic E-state index is 0.00329. The predicted octanol–water partition coefficient (Wildman–Crippen LogP) is 3.42. The van der Waals surface area contributed by atoms with Gasteiger partial charge in [0.2, 0.25) is 5.76 Å². The Labute approximate surface area is 156 Å². The van der Waals surface area contributed by atoms with Gasteiger partial charge in [-0.25, -0.2) is 9.59 Å². The highest BCUT2D eigenvalue weighted by Crippen LogP contribution is 2.28. The summed E-state index contributed by atoms with van der Waals surface area (Å²) < 4.78 is 10.4. The number of fused-ring (bicyclic) bond motifs is 1. The maximum Gasteiger partial charge on any atom is 0.375 e. The summed E-state index contributed by atoms with van der Waals surface area (Å²) in [7, 11) is 0. The Kier molecular flexibility index (Phi) is 6.63. The Morgan fingerprint density at radius 2 is 2.00 bits per heavy atom. The van der Waals surface area contributed by atoms with Crippen LogP contribution >= 0.6 is 11.6 Å². The number of carbonyl (C=O) groups is 3. The van der Waals surface area contributed by atoms with E-state index in [-0.39, 0.29) is 5.76 Å². The standard InChI is InChI=1S/C18H21ClN2O5/c1-10(2)6-7-20-18(24)21-15(22)9-25-17(23)16-11(3)13-8-12(19)4-5-14(13)26-16/h4-5,8,10H,6-7,9H2,1-3H3,(H2,20,21,22,24). The SMILES string of the molecule is Cc1c(C(=O)OCC(=O)NC(=O)NCCC(C)C)oc2ccc(Cl)cc12. The van der Waals surface area contributed by atoms with Crippen molar-refractivity contribution in [2.45, 2.75) is 27.2 Å². The van der Waals surface area contributed by atoms with Gasteiger partial charge in [0.15, 0.2) is 6.61 Å². The second kappa shape index (κ2) is 8.71. The fourth-order valence-electron chi connectivity index (χ4n) is 2.27. The van der Waals surface area contributed by atoms with E-state index in [4.69, 9.17) is 20.8 Å². The van der Waals surface area contributed by atoms with E-state index >= 15 is 0 Å². The summed E-state index contributed by atoms with van der Waals surface area (Å²) in [5.41, 5.74) is 1.06. The summed E-state index contributed by atoms with van der Waals surface area (Å²) in [6, 6.07) is 4.35. The minimum atomic E-state index is -0.787. The van der Waals surface area contributed by atoms with Crippen molar-refractivity contribution in [1.29, 1.82) is 0 Å². The summed E-state index contributed by atoms with van der Waals surface area (Å²) >= 11 is 5.94. The summed E-state index contributed by atoms with van der Waals surface area (Å²) in [4.78, 5) is 35.4. The lowest BCUT2D eigenvalue weighted by Crippen LogP contribution is -2.42. The molecule has 0 aliphatic carbocycles. The van der Waals surface area contributed by atoms with Crippen molar-refractivity contribution in [1.82, 2.24) is 10.6 Å². The third-order valence-electron chi connectivity index (χ3n) is 3.68. The van der Waals surface area contributed by atoms with Gasteiger partial charge in [0.25, 0.3) is 5.91 Å². The van der Waals surface area contributed by atoms with Crippen LogP contribution in [0.3, 0.4) is 0 Å². The molecule has 2 aromatic rings. The van der Waals surface area contributed by atoms with Crippen LogP contribution in [0.15, 0.2) is 22.6 Å². The third-order valence-corrected chi connectivity index (χ3v) is 3.91. The van der Waals surface area contributed by atoms with Crippen LogP contribution in [-0.2, 0) is 9.53 Å². The Balaban J connectivity index is 1.87. The van der Waals surface area contributed by atoms with Crippen molar-refractivity contribution in [2.75, 3.05) is 13.2 Å². The lowest BCUT2D eigenvalue weighted by atomic mass is 10.1. The number of carbonyl (C=O) groups excluding carboxylic acids is 3. The highest BCUT2D eigenvalue weighted by atomic mass is 35.5. The van der Waals surface area contributed by atoms with E-state index in [2.05, 4.69) is 10.6 Å². The molecule has 0 saturated carbocycles. The number of benzene rings is 1. The molecule has 1 aromatic carbocycles. The number of ether oxygens (including phenoxy) is 1. The van der Waals surface area contributed by atoms with E-state index in [1.165, 1.54) is 0 Å². The number of amides is 3. The van der Waals surface area contributed by atoms with Gasteiger partial charge in [-0.3, -0.25) is 10.1 Å². The largest absolute Gasteiger partial charge is 0.450 e. The number of halogens is 1. The van der Waals surface area contributed by atoms with Gasteiger partial charge in [-0.2, -0.15) is 0 Å². The normalized spacial score (nSPS) is 10.8. The number of urea groups is 1. The fourth-order valence-corrected chi connectivity index (χ4v) is 2.44. The first-order valence-electron chi connectivity index (χ1n) is 8.21. The molecule has 3 amide bonds. The van der Waals surface area contributed by atoms with Crippen molar-refractivity contribution >= 4 is 40.5 Å². The number of furan rings is 1. The molecule has 8 heteroatoms. The number of rotatable bonds is 6. The molecule has 0 spiro atoms. The van der Waals surface area contributed by atoms with Crippen molar-refractivity contribution < 1.29 is 23.5 Å². The summed E-state index contributed by atoms with van der Waals surface area (Å²) in [6.45, 7) is 5.61. The van der Waals surface area contributed by atoms with Crippen LogP contribution in [0.25, 0.3) is 11.0 Å². The molecule has 0 saturated heterocycles. The van der Waals surface area contributed by atoms with Gasteiger partial charge in [-0.05, 0) is 37.5 Å². The molecule has 0 radical (unpaired) electrons. The van der Waals surface area contributed by atoms with Gasteiger partial charge in [0, 0.05) is 22.5 Å². The maximum absolute atomic E-state index is 12.1. The van der Waals surface area contributed by atoms with E-state index in [1.807, 2.05) is 13.8 Å². The highest BCUT2D eigenvalue weighted by molar-refractivity contribution is 6.31. The lowest BCUT2D eigenvalue weighted by molar-refractivity contribution is -0.123. The average molecular weight is 381 g/mol. The fraction of sp³-hybridized carbons (Fsp3) is 0.389. The molecule has 0 bridgehead atoms. The van der Waals surface area contributed by atoms with Crippen molar-refractivity contribution in [3.63, 3.8) is 0 Å². The Bertz CT molecular complexity index is 828. The van der Waals surface area contributed by atoms with Gasteiger partial charge < -0.3 is 14.5 Å². The quantitative estimate of drug-likeness (QED) is 0.748. The maximum atomic E-state index is 12.1. The second-order valence-electron chi connectivity index (χ2n) is 6.26. The van der Waals surface area contributed by atoms with Gasteiger partial charge in [-0.1, -0.05) is 25.4 Å². The monoisotopic (exact) mass is 380 g/mol. The molecule has 1 aromatic heterocycles. The molecule has 1 heterocycles.